The van der Waals surface area contributed by atoms with Crippen molar-refractivity contribution in [2.45, 2.75) is 48.0 Å². The largest absolute Gasteiger partial charge is 0.248 e. The maximum absolute atomic E-state index is 6.03. The van der Waals surface area contributed by atoms with Crippen LogP contribution in [0.3, 0.4) is 0 Å². The van der Waals surface area contributed by atoms with E-state index in [1.165, 1.54) is 49.9 Å². The van der Waals surface area contributed by atoms with E-state index in [0.29, 0.717) is 5.92 Å². The molecule has 47 heavy (non-hydrogen) atoms. The van der Waals surface area contributed by atoms with Crippen LogP contribution in [0.1, 0.15) is 41.7 Å². The molecule has 234 valence electrons. The Hall–Kier alpha value is -4.79. The number of nitrogens with zero attached hydrogens (tertiary/aromatic N) is 2. The second-order valence-corrected chi connectivity index (χ2v) is 13.6. The molecule has 0 atom stereocenters. The van der Waals surface area contributed by atoms with Gasteiger partial charge in [0.25, 0.3) is 0 Å². The van der Waals surface area contributed by atoms with Crippen LogP contribution in [0.5, 0.6) is 0 Å². The Labute approximate surface area is 284 Å². The molecule has 0 saturated carbocycles. The van der Waals surface area contributed by atoms with Crippen LogP contribution in [0.4, 0.5) is 0 Å². The molecule has 0 spiro atoms. The first-order chi connectivity index (χ1) is 22.6. The Balaban J connectivity index is 0.000000177. The fourth-order valence-corrected chi connectivity index (χ4v) is 6.42. The Morgan fingerprint density at radius 1 is 0.468 bits per heavy atom. The Morgan fingerprint density at radius 3 is 1.43 bits per heavy atom. The zero-order chi connectivity index (χ0) is 33.1. The Morgan fingerprint density at radius 2 is 0.915 bits per heavy atom. The fourth-order valence-electron chi connectivity index (χ4n) is 6.26. The minimum Gasteiger partial charge on any atom is -0.248 e. The highest BCUT2D eigenvalue weighted by molar-refractivity contribution is 6.31. The van der Waals surface area contributed by atoms with Crippen LogP contribution in [-0.4, -0.2) is 9.97 Å². The van der Waals surface area contributed by atoms with Crippen LogP contribution in [0.2, 0.25) is 5.02 Å². The lowest BCUT2D eigenvalue weighted by atomic mass is 9.98. The minimum absolute atomic E-state index is 0.680. The summed E-state index contributed by atoms with van der Waals surface area (Å²) in [6.07, 6.45) is 1.12. The zero-order valence-corrected chi connectivity index (χ0v) is 28.9. The highest BCUT2D eigenvalue weighted by Gasteiger charge is 2.07. The first-order valence-corrected chi connectivity index (χ1v) is 16.7. The predicted octanol–water partition coefficient (Wildman–Crippen LogP) is 12.6. The lowest BCUT2D eigenvalue weighted by molar-refractivity contribution is 0.647. The van der Waals surface area contributed by atoms with Gasteiger partial charge in [0.1, 0.15) is 0 Å². The van der Waals surface area contributed by atoms with Gasteiger partial charge in [0, 0.05) is 26.9 Å². The van der Waals surface area contributed by atoms with E-state index >= 15 is 0 Å². The van der Waals surface area contributed by atoms with Crippen molar-refractivity contribution >= 4 is 33.4 Å². The second kappa shape index (κ2) is 13.9. The molecule has 0 unspecified atom stereocenters. The lowest BCUT2D eigenvalue weighted by Crippen LogP contribution is -1.93. The molecule has 0 aliphatic carbocycles. The van der Waals surface area contributed by atoms with Crippen LogP contribution in [0, 0.1) is 33.6 Å². The summed E-state index contributed by atoms with van der Waals surface area (Å²) in [7, 11) is 0. The summed E-state index contributed by atoms with van der Waals surface area (Å²) < 4.78 is 0. The molecule has 0 fully saturated rings. The van der Waals surface area contributed by atoms with Crippen LogP contribution in [0.15, 0.2) is 121 Å². The molecule has 2 nitrogen and oxygen atoms in total. The number of pyridine rings is 2. The SMILES string of the molecule is Cc1cc(C)cc(-c2ccc3ccc(-c4ccc(CC(C)C)cc4)cc3n2)c1.Cc1cc(C)cc(-c2ccc3ccc(Cl)cc3n2)c1. The number of benzene rings is 5. The van der Waals surface area contributed by atoms with E-state index in [9.17, 15) is 0 Å². The molecule has 3 heteroatoms. The monoisotopic (exact) mass is 632 g/mol. The van der Waals surface area contributed by atoms with Gasteiger partial charge in [-0.1, -0.05) is 114 Å². The maximum atomic E-state index is 6.03. The predicted molar refractivity (Wildman–Crippen MR) is 202 cm³/mol. The highest BCUT2D eigenvalue weighted by atomic mass is 35.5. The van der Waals surface area contributed by atoms with Crippen LogP contribution in [-0.2, 0) is 6.42 Å². The Kier molecular flexibility index (Phi) is 9.52. The average molecular weight is 633 g/mol. The number of rotatable bonds is 5. The molecule has 5 aromatic carbocycles. The number of aryl methyl sites for hydroxylation is 4. The number of aromatic nitrogens is 2. The van der Waals surface area contributed by atoms with Gasteiger partial charge in [-0.25, -0.2) is 9.97 Å². The van der Waals surface area contributed by atoms with E-state index in [4.69, 9.17) is 21.6 Å². The summed E-state index contributed by atoms with van der Waals surface area (Å²) >= 11 is 6.03. The normalized spacial score (nSPS) is 11.1. The van der Waals surface area contributed by atoms with E-state index in [1.54, 1.807) is 0 Å². The van der Waals surface area contributed by atoms with Crippen LogP contribution < -0.4 is 0 Å². The summed E-state index contributed by atoms with van der Waals surface area (Å²) in [6, 6.07) is 42.9. The van der Waals surface area contributed by atoms with Crippen molar-refractivity contribution in [1.82, 2.24) is 9.97 Å². The molecular formula is C44H41ClN2. The third kappa shape index (κ3) is 7.96. The molecule has 2 aromatic heterocycles. The van der Waals surface area contributed by atoms with Crippen molar-refractivity contribution in [2.75, 3.05) is 0 Å². The summed E-state index contributed by atoms with van der Waals surface area (Å²) in [5.41, 5.74) is 15.2. The van der Waals surface area contributed by atoms with Crippen LogP contribution >= 0.6 is 11.6 Å². The van der Waals surface area contributed by atoms with Gasteiger partial charge in [-0.3, -0.25) is 0 Å². The number of hydrogen-bond donors (Lipinski definition) is 0. The van der Waals surface area contributed by atoms with Gasteiger partial charge in [0.05, 0.1) is 22.4 Å². The molecule has 0 amide bonds. The molecule has 0 radical (unpaired) electrons. The van der Waals surface area contributed by atoms with E-state index in [1.807, 2.05) is 18.2 Å². The maximum Gasteiger partial charge on any atom is 0.0724 e. The highest BCUT2D eigenvalue weighted by Crippen LogP contribution is 2.28. The van der Waals surface area contributed by atoms with Crippen LogP contribution in [0.25, 0.3) is 55.4 Å². The van der Waals surface area contributed by atoms with E-state index in [-0.39, 0.29) is 0 Å². The molecule has 7 aromatic rings. The van der Waals surface area contributed by atoms with Crippen molar-refractivity contribution in [3.8, 4) is 33.6 Å². The van der Waals surface area contributed by atoms with Gasteiger partial charge >= 0.3 is 0 Å². The molecule has 0 saturated heterocycles. The summed E-state index contributed by atoms with van der Waals surface area (Å²) in [6.45, 7) is 13.0. The molecule has 2 heterocycles. The Bertz CT molecular complexity index is 2150. The minimum atomic E-state index is 0.680. The average Bonchev–Trinajstić information content (AvgIpc) is 3.03. The molecular weight excluding hydrogens is 592 g/mol. The molecule has 0 bridgehead atoms. The van der Waals surface area contributed by atoms with Crippen molar-refractivity contribution < 1.29 is 0 Å². The first-order valence-electron chi connectivity index (χ1n) is 16.3. The third-order valence-electron chi connectivity index (χ3n) is 8.31. The fraction of sp³-hybridized carbons (Fsp3) is 0.182. The van der Waals surface area contributed by atoms with Gasteiger partial charge in [-0.05, 0) is 111 Å². The summed E-state index contributed by atoms with van der Waals surface area (Å²) in [5, 5.41) is 3.00. The number of hydrogen-bond acceptors (Lipinski definition) is 2. The lowest BCUT2D eigenvalue weighted by Gasteiger charge is -2.09. The first kappa shape index (κ1) is 32.2. The molecule has 0 aliphatic rings. The van der Waals surface area contributed by atoms with Crippen molar-refractivity contribution in [3.63, 3.8) is 0 Å². The third-order valence-corrected chi connectivity index (χ3v) is 8.55. The molecule has 0 N–H and O–H groups in total. The van der Waals surface area contributed by atoms with Gasteiger partial charge in [-0.15, -0.1) is 0 Å². The van der Waals surface area contributed by atoms with Gasteiger partial charge in [-0.2, -0.15) is 0 Å². The summed E-state index contributed by atoms with van der Waals surface area (Å²) in [5.74, 6) is 0.680. The van der Waals surface area contributed by atoms with Crippen molar-refractivity contribution in [3.05, 3.63) is 154 Å². The van der Waals surface area contributed by atoms with Crippen molar-refractivity contribution in [1.29, 1.82) is 0 Å². The molecule has 0 aliphatic heterocycles. The molecule has 7 rings (SSSR count). The van der Waals surface area contributed by atoms with E-state index in [0.717, 1.165) is 44.8 Å². The van der Waals surface area contributed by atoms with Gasteiger partial charge in [0.2, 0.25) is 0 Å². The van der Waals surface area contributed by atoms with Crippen molar-refractivity contribution in [2.24, 2.45) is 5.92 Å². The standard InChI is InChI=1S/C27H27N.C17H14ClN/c1-18(2)13-21-5-7-22(8-6-21)24-10-9-23-11-12-26(28-27(23)17-24)25-15-19(3)14-20(4)16-25;1-11-7-12(2)9-14(8-11)16-6-4-13-3-5-15(18)10-17(13)19-16/h5-12,14-18H,13H2,1-4H3;3-10H,1-2H3. The topological polar surface area (TPSA) is 25.8 Å². The quantitative estimate of drug-likeness (QED) is 0.189. The van der Waals surface area contributed by atoms with Gasteiger partial charge in [0.15, 0.2) is 0 Å². The number of halogens is 1. The van der Waals surface area contributed by atoms with E-state index in [2.05, 4.69) is 145 Å². The summed E-state index contributed by atoms with van der Waals surface area (Å²) in [4.78, 5) is 9.67. The zero-order valence-electron chi connectivity index (χ0n) is 28.1. The smallest absolute Gasteiger partial charge is 0.0724 e. The van der Waals surface area contributed by atoms with E-state index < -0.39 is 0 Å². The van der Waals surface area contributed by atoms with Gasteiger partial charge < -0.3 is 0 Å². The number of fused-ring (bicyclic) bond motifs is 2. The second-order valence-electron chi connectivity index (χ2n) is 13.2.